The van der Waals surface area contributed by atoms with E-state index in [-0.39, 0.29) is 5.78 Å². The molecular formula is C16H12N2O. The first-order valence-corrected chi connectivity index (χ1v) is 6.06. The van der Waals surface area contributed by atoms with Gasteiger partial charge in [0.15, 0.2) is 5.78 Å². The van der Waals surface area contributed by atoms with E-state index in [9.17, 15) is 4.79 Å². The van der Waals surface area contributed by atoms with Crippen LogP contribution < -0.4 is 0 Å². The van der Waals surface area contributed by atoms with Gasteiger partial charge in [-0.2, -0.15) is 0 Å². The number of aromatic nitrogens is 2. The van der Waals surface area contributed by atoms with Gasteiger partial charge in [0.2, 0.25) is 0 Å². The lowest BCUT2D eigenvalue weighted by Crippen LogP contribution is -2.04. The van der Waals surface area contributed by atoms with E-state index in [0.29, 0.717) is 11.1 Å². The van der Waals surface area contributed by atoms with Gasteiger partial charge >= 0.3 is 0 Å². The topological polar surface area (TPSA) is 42.9 Å². The molecule has 3 heteroatoms. The fourth-order valence-corrected chi connectivity index (χ4v) is 2.06. The summed E-state index contributed by atoms with van der Waals surface area (Å²) in [5.41, 5.74) is 3.04. The molecule has 3 nitrogen and oxygen atoms in total. The first kappa shape index (κ1) is 11.5. The molecule has 19 heavy (non-hydrogen) atoms. The van der Waals surface area contributed by atoms with Crippen molar-refractivity contribution in [2.45, 2.75) is 6.92 Å². The molecule has 0 aliphatic rings. The Morgan fingerprint density at radius 3 is 2.84 bits per heavy atom. The van der Waals surface area contributed by atoms with Crippen LogP contribution in [0.25, 0.3) is 10.9 Å². The SMILES string of the molecule is Cc1ccncc1C(=O)c1ccc2cccnc2c1. The quantitative estimate of drug-likeness (QED) is 0.654. The smallest absolute Gasteiger partial charge is 0.194 e. The van der Waals surface area contributed by atoms with Crippen LogP contribution in [0.5, 0.6) is 0 Å². The van der Waals surface area contributed by atoms with Crippen molar-refractivity contribution in [3.63, 3.8) is 0 Å². The summed E-state index contributed by atoms with van der Waals surface area (Å²) in [6.45, 7) is 1.91. The number of aryl methyl sites for hydroxylation is 1. The van der Waals surface area contributed by atoms with E-state index in [1.165, 1.54) is 0 Å². The molecule has 3 rings (SSSR count). The summed E-state index contributed by atoms with van der Waals surface area (Å²) in [7, 11) is 0. The van der Waals surface area contributed by atoms with Gasteiger partial charge in [0, 0.05) is 35.1 Å². The Morgan fingerprint density at radius 2 is 2.00 bits per heavy atom. The molecule has 2 heterocycles. The van der Waals surface area contributed by atoms with Crippen molar-refractivity contribution in [2.75, 3.05) is 0 Å². The summed E-state index contributed by atoms with van der Waals surface area (Å²) in [6.07, 6.45) is 5.03. The lowest BCUT2D eigenvalue weighted by Gasteiger charge is -2.05. The summed E-state index contributed by atoms with van der Waals surface area (Å²) >= 11 is 0. The van der Waals surface area contributed by atoms with Gasteiger partial charge in [0.1, 0.15) is 0 Å². The van der Waals surface area contributed by atoms with Gasteiger partial charge in [-0.3, -0.25) is 14.8 Å². The lowest BCUT2D eigenvalue weighted by molar-refractivity contribution is 0.103. The summed E-state index contributed by atoms with van der Waals surface area (Å²) in [5.74, 6) is -0.0156. The Bertz CT molecular complexity index is 765. The summed E-state index contributed by atoms with van der Waals surface area (Å²) in [5, 5.41) is 1.03. The first-order valence-electron chi connectivity index (χ1n) is 6.06. The van der Waals surface area contributed by atoms with Crippen LogP contribution in [-0.2, 0) is 0 Å². The van der Waals surface area contributed by atoms with Crippen LogP contribution in [0.15, 0.2) is 55.0 Å². The maximum absolute atomic E-state index is 12.4. The highest BCUT2D eigenvalue weighted by molar-refractivity contribution is 6.11. The maximum Gasteiger partial charge on any atom is 0.194 e. The minimum absolute atomic E-state index is 0.0156. The van der Waals surface area contributed by atoms with E-state index in [1.54, 1.807) is 18.6 Å². The third kappa shape index (κ3) is 2.10. The summed E-state index contributed by atoms with van der Waals surface area (Å²) < 4.78 is 0. The van der Waals surface area contributed by atoms with Crippen molar-refractivity contribution in [2.24, 2.45) is 0 Å². The molecule has 0 unspecified atom stereocenters. The van der Waals surface area contributed by atoms with Crippen LogP contribution in [0.4, 0.5) is 0 Å². The Balaban J connectivity index is 2.09. The average Bonchev–Trinajstić information content (AvgIpc) is 2.46. The number of nitrogens with zero attached hydrogens (tertiary/aromatic N) is 2. The number of hydrogen-bond donors (Lipinski definition) is 0. The van der Waals surface area contributed by atoms with Gasteiger partial charge in [-0.15, -0.1) is 0 Å². The van der Waals surface area contributed by atoms with E-state index < -0.39 is 0 Å². The number of hydrogen-bond acceptors (Lipinski definition) is 3. The average molecular weight is 248 g/mol. The van der Waals surface area contributed by atoms with Gasteiger partial charge in [0.05, 0.1) is 5.52 Å². The molecule has 0 radical (unpaired) electrons. The molecular weight excluding hydrogens is 236 g/mol. The fourth-order valence-electron chi connectivity index (χ4n) is 2.06. The van der Waals surface area contributed by atoms with Gasteiger partial charge in [-0.1, -0.05) is 18.2 Å². The lowest BCUT2D eigenvalue weighted by atomic mass is 10.00. The largest absolute Gasteiger partial charge is 0.289 e. The predicted molar refractivity (Wildman–Crippen MR) is 74.1 cm³/mol. The highest BCUT2D eigenvalue weighted by Gasteiger charge is 2.12. The first-order chi connectivity index (χ1) is 9.25. The second-order valence-electron chi connectivity index (χ2n) is 4.43. The van der Waals surface area contributed by atoms with E-state index in [4.69, 9.17) is 0 Å². The zero-order valence-electron chi connectivity index (χ0n) is 10.5. The molecule has 0 bridgehead atoms. The molecule has 0 saturated carbocycles. The van der Waals surface area contributed by atoms with Crippen LogP contribution in [0.1, 0.15) is 21.5 Å². The van der Waals surface area contributed by atoms with E-state index in [0.717, 1.165) is 16.5 Å². The Kier molecular flexibility index (Phi) is 2.80. The second-order valence-corrected chi connectivity index (χ2v) is 4.43. The number of carbonyl (C=O) groups is 1. The second kappa shape index (κ2) is 4.61. The number of rotatable bonds is 2. The van der Waals surface area contributed by atoms with Crippen molar-refractivity contribution in [3.8, 4) is 0 Å². The van der Waals surface area contributed by atoms with Crippen LogP contribution in [0.3, 0.4) is 0 Å². The number of pyridine rings is 2. The minimum Gasteiger partial charge on any atom is -0.289 e. The predicted octanol–water partition coefficient (Wildman–Crippen LogP) is 3.17. The highest BCUT2D eigenvalue weighted by Crippen LogP contribution is 2.17. The van der Waals surface area contributed by atoms with Crippen LogP contribution >= 0.6 is 0 Å². The summed E-state index contributed by atoms with van der Waals surface area (Å²) in [4.78, 5) is 20.7. The van der Waals surface area contributed by atoms with Crippen molar-refractivity contribution in [1.29, 1.82) is 0 Å². The molecule has 0 fully saturated rings. The molecule has 0 amide bonds. The molecule has 1 aromatic carbocycles. The Labute approximate surface area is 111 Å². The monoisotopic (exact) mass is 248 g/mol. The number of carbonyl (C=O) groups excluding carboxylic acids is 1. The zero-order valence-corrected chi connectivity index (χ0v) is 10.5. The van der Waals surface area contributed by atoms with E-state index in [2.05, 4.69) is 9.97 Å². The molecule has 0 spiro atoms. The Hall–Kier alpha value is -2.55. The minimum atomic E-state index is -0.0156. The van der Waals surface area contributed by atoms with Gasteiger partial charge in [-0.05, 0) is 30.7 Å². The van der Waals surface area contributed by atoms with Crippen LogP contribution in [0.2, 0.25) is 0 Å². The fraction of sp³-hybridized carbons (Fsp3) is 0.0625. The maximum atomic E-state index is 12.4. The van der Waals surface area contributed by atoms with E-state index in [1.807, 2.05) is 43.3 Å². The third-order valence-corrected chi connectivity index (χ3v) is 3.15. The number of ketones is 1. The van der Waals surface area contributed by atoms with E-state index >= 15 is 0 Å². The summed E-state index contributed by atoms with van der Waals surface area (Å²) in [6, 6.07) is 11.3. The molecule has 0 atom stereocenters. The Morgan fingerprint density at radius 1 is 1.11 bits per heavy atom. The molecule has 92 valence electrons. The molecule has 0 aliphatic heterocycles. The zero-order chi connectivity index (χ0) is 13.2. The molecule has 0 saturated heterocycles. The van der Waals surface area contributed by atoms with Crippen LogP contribution in [0, 0.1) is 6.92 Å². The van der Waals surface area contributed by atoms with Gasteiger partial charge < -0.3 is 0 Å². The standard InChI is InChI=1S/C16H12N2O/c1-11-6-8-17-10-14(11)16(19)13-5-4-12-3-2-7-18-15(12)9-13/h2-10H,1H3. The van der Waals surface area contributed by atoms with Gasteiger partial charge in [0.25, 0.3) is 0 Å². The van der Waals surface area contributed by atoms with Crippen molar-refractivity contribution in [1.82, 2.24) is 9.97 Å². The van der Waals surface area contributed by atoms with Crippen molar-refractivity contribution >= 4 is 16.7 Å². The van der Waals surface area contributed by atoms with Crippen LogP contribution in [-0.4, -0.2) is 15.8 Å². The number of fused-ring (bicyclic) bond motifs is 1. The number of benzene rings is 1. The molecule has 0 aliphatic carbocycles. The molecule has 3 aromatic rings. The highest BCUT2D eigenvalue weighted by atomic mass is 16.1. The molecule has 0 N–H and O–H groups in total. The van der Waals surface area contributed by atoms with Crippen molar-refractivity contribution < 1.29 is 4.79 Å². The van der Waals surface area contributed by atoms with Crippen molar-refractivity contribution in [3.05, 3.63) is 71.7 Å². The molecule has 2 aromatic heterocycles. The third-order valence-electron chi connectivity index (χ3n) is 3.15. The normalized spacial score (nSPS) is 10.6. The van der Waals surface area contributed by atoms with Gasteiger partial charge in [-0.25, -0.2) is 0 Å².